The van der Waals surface area contributed by atoms with E-state index in [1.54, 1.807) is 0 Å². The molecule has 11 aromatic rings. The Hall–Kier alpha value is -8.20. The molecule has 0 fully saturated rings. The lowest BCUT2D eigenvalue weighted by Crippen LogP contribution is -2.28. The number of anilines is 3. The van der Waals surface area contributed by atoms with Crippen molar-refractivity contribution >= 4 is 38.9 Å². The molecule has 10 aromatic carbocycles. The Labute approximate surface area is 368 Å². The van der Waals surface area contributed by atoms with E-state index in [0.717, 1.165) is 33.8 Å². The number of hydrogen-bond donors (Lipinski definition) is 0. The van der Waals surface area contributed by atoms with E-state index >= 15 is 0 Å². The van der Waals surface area contributed by atoms with Crippen LogP contribution < -0.4 is 4.90 Å². The fourth-order valence-corrected chi connectivity index (χ4v) is 10.4. The zero-order valence-electron chi connectivity index (χ0n) is 34.6. The average molecular weight is 803 g/mol. The molecule has 2 nitrogen and oxygen atoms in total. The van der Waals surface area contributed by atoms with Gasteiger partial charge in [0.25, 0.3) is 0 Å². The lowest BCUT2D eigenvalue weighted by molar-refractivity contribution is 0.768. The van der Waals surface area contributed by atoms with Crippen LogP contribution in [0.5, 0.6) is 0 Å². The summed E-state index contributed by atoms with van der Waals surface area (Å²) in [5, 5.41) is 2.43. The van der Waals surface area contributed by atoms with E-state index in [2.05, 4.69) is 264 Å². The Morgan fingerprint density at radius 2 is 0.921 bits per heavy atom. The van der Waals surface area contributed by atoms with Crippen molar-refractivity contribution in [1.29, 1.82) is 0 Å². The molecule has 2 heteroatoms. The van der Waals surface area contributed by atoms with Crippen molar-refractivity contribution < 1.29 is 0 Å². The van der Waals surface area contributed by atoms with Crippen molar-refractivity contribution in [2.45, 2.75) is 5.41 Å². The fraction of sp³-hybridized carbons (Fsp3) is 0.0164. The van der Waals surface area contributed by atoms with Crippen LogP contribution in [0.1, 0.15) is 22.3 Å². The third kappa shape index (κ3) is 5.80. The summed E-state index contributed by atoms with van der Waals surface area (Å²) in [6.45, 7) is 0. The molecule has 1 heterocycles. The number of benzene rings is 10. The topological polar surface area (TPSA) is 8.17 Å². The number of fused-ring (bicyclic) bond motifs is 6. The quantitative estimate of drug-likeness (QED) is 0.149. The molecule has 0 amide bonds. The van der Waals surface area contributed by atoms with Gasteiger partial charge in [0.1, 0.15) is 0 Å². The SMILES string of the molecule is c1ccc(-c2cccc(-c3c(N(c4ccccc4)c4ccc5c(c4)C(c4ccccc4)(c4ccccc4)c4ccccc4-5)ccc4c3c3ccccc3n4-c3ccccc3)c2)cc1. The van der Waals surface area contributed by atoms with Crippen molar-refractivity contribution in [1.82, 2.24) is 4.57 Å². The van der Waals surface area contributed by atoms with Crippen molar-refractivity contribution in [2.75, 3.05) is 4.90 Å². The molecule has 0 atom stereocenters. The van der Waals surface area contributed by atoms with E-state index in [0.29, 0.717) is 0 Å². The number of rotatable bonds is 8. The minimum absolute atomic E-state index is 0.535. The molecule has 296 valence electrons. The predicted octanol–water partition coefficient (Wildman–Crippen LogP) is 16.0. The smallest absolute Gasteiger partial charge is 0.0714 e. The van der Waals surface area contributed by atoms with E-state index in [1.807, 2.05) is 0 Å². The Kier molecular flexibility index (Phi) is 8.76. The van der Waals surface area contributed by atoms with Gasteiger partial charge in [0.05, 0.1) is 22.1 Å². The summed E-state index contributed by atoms with van der Waals surface area (Å²) < 4.78 is 2.42. The van der Waals surface area contributed by atoms with Gasteiger partial charge in [-0.3, -0.25) is 0 Å². The standard InChI is InChI=1S/C61H42N2/c1-6-21-43(22-7-1)44-23-20-24-45(41-44)59-57(39-40-58-60(59)53-34-17-19-36-56(53)63(58)49-31-14-5-15-32-49)62(48-29-12-4-13-30-48)50-37-38-52-51-33-16-18-35-54(51)61(55(52)42-50,46-25-8-2-9-26-46)47-27-10-3-11-28-47/h1-42H. The summed E-state index contributed by atoms with van der Waals surface area (Å²) in [4.78, 5) is 2.49. The molecule has 0 spiro atoms. The number of para-hydroxylation sites is 3. The van der Waals surface area contributed by atoms with Crippen LogP contribution in [0.25, 0.3) is 60.9 Å². The summed E-state index contributed by atoms with van der Waals surface area (Å²) >= 11 is 0. The summed E-state index contributed by atoms with van der Waals surface area (Å²) in [7, 11) is 0. The van der Waals surface area contributed by atoms with Crippen LogP contribution in [0.15, 0.2) is 255 Å². The molecule has 1 aliphatic carbocycles. The molecule has 12 rings (SSSR count). The van der Waals surface area contributed by atoms with Gasteiger partial charge in [-0.15, -0.1) is 0 Å². The number of hydrogen-bond acceptors (Lipinski definition) is 1. The number of aromatic nitrogens is 1. The van der Waals surface area contributed by atoms with E-state index in [-0.39, 0.29) is 0 Å². The van der Waals surface area contributed by atoms with Gasteiger partial charge in [-0.2, -0.15) is 0 Å². The first kappa shape index (κ1) is 36.6. The Morgan fingerprint density at radius 3 is 1.65 bits per heavy atom. The van der Waals surface area contributed by atoms with Crippen LogP contribution in [-0.4, -0.2) is 4.57 Å². The van der Waals surface area contributed by atoms with Gasteiger partial charge in [-0.1, -0.05) is 194 Å². The maximum atomic E-state index is 2.49. The first-order valence-corrected chi connectivity index (χ1v) is 21.8. The largest absolute Gasteiger partial charge is 0.310 e. The summed E-state index contributed by atoms with van der Waals surface area (Å²) in [5.41, 5.74) is 18.5. The molecule has 0 bridgehead atoms. The molecule has 0 N–H and O–H groups in total. The first-order chi connectivity index (χ1) is 31.3. The molecule has 0 saturated heterocycles. The second-order valence-electron chi connectivity index (χ2n) is 16.4. The van der Waals surface area contributed by atoms with Crippen LogP contribution in [-0.2, 0) is 5.41 Å². The van der Waals surface area contributed by atoms with E-state index < -0.39 is 5.41 Å². The van der Waals surface area contributed by atoms with Crippen molar-refractivity contribution in [3.05, 3.63) is 277 Å². The molecule has 0 unspecified atom stereocenters. The Morgan fingerprint density at radius 1 is 0.349 bits per heavy atom. The molecule has 1 aromatic heterocycles. The summed E-state index contributed by atoms with van der Waals surface area (Å²) in [6.07, 6.45) is 0. The van der Waals surface area contributed by atoms with Crippen LogP contribution in [0.3, 0.4) is 0 Å². The zero-order chi connectivity index (χ0) is 41.7. The molecule has 63 heavy (non-hydrogen) atoms. The van der Waals surface area contributed by atoms with Gasteiger partial charge in [-0.25, -0.2) is 0 Å². The third-order valence-electron chi connectivity index (χ3n) is 13.0. The minimum atomic E-state index is -0.535. The molecular weight excluding hydrogens is 761 g/mol. The van der Waals surface area contributed by atoms with Gasteiger partial charge in [0, 0.05) is 33.4 Å². The van der Waals surface area contributed by atoms with Crippen molar-refractivity contribution in [2.24, 2.45) is 0 Å². The first-order valence-electron chi connectivity index (χ1n) is 21.8. The normalized spacial score (nSPS) is 12.6. The van der Waals surface area contributed by atoms with Gasteiger partial charge in [0.15, 0.2) is 0 Å². The van der Waals surface area contributed by atoms with Gasteiger partial charge >= 0.3 is 0 Å². The zero-order valence-corrected chi connectivity index (χ0v) is 34.6. The predicted molar refractivity (Wildman–Crippen MR) is 264 cm³/mol. The summed E-state index contributed by atoms with van der Waals surface area (Å²) in [6, 6.07) is 93.4. The number of nitrogens with zero attached hydrogens (tertiary/aromatic N) is 2. The highest BCUT2D eigenvalue weighted by Gasteiger charge is 2.46. The molecule has 1 aliphatic rings. The summed E-state index contributed by atoms with van der Waals surface area (Å²) in [5.74, 6) is 0. The van der Waals surface area contributed by atoms with E-state index in [4.69, 9.17) is 0 Å². The fourth-order valence-electron chi connectivity index (χ4n) is 10.4. The maximum Gasteiger partial charge on any atom is 0.0714 e. The molecular formula is C61H42N2. The van der Waals surface area contributed by atoms with Crippen LogP contribution in [0, 0.1) is 0 Å². The van der Waals surface area contributed by atoms with E-state index in [9.17, 15) is 0 Å². The average Bonchev–Trinajstić information content (AvgIpc) is 3.86. The highest BCUT2D eigenvalue weighted by atomic mass is 15.1. The Balaban J connectivity index is 1.19. The van der Waals surface area contributed by atoms with Crippen LogP contribution in [0.4, 0.5) is 17.1 Å². The minimum Gasteiger partial charge on any atom is -0.310 e. The maximum absolute atomic E-state index is 2.49. The lowest BCUT2D eigenvalue weighted by Gasteiger charge is -2.35. The van der Waals surface area contributed by atoms with E-state index in [1.165, 1.54) is 66.4 Å². The van der Waals surface area contributed by atoms with Crippen molar-refractivity contribution in [3.63, 3.8) is 0 Å². The Bertz CT molecular complexity index is 3390. The van der Waals surface area contributed by atoms with Gasteiger partial charge in [0.2, 0.25) is 0 Å². The monoisotopic (exact) mass is 802 g/mol. The van der Waals surface area contributed by atoms with Crippen LogP contribution in [0.2, 0.25) is 0 Å². The van der Waals surface area contributed by atoms with Gasteiger partial charge in [-0.05, 0) is 111 Å². The molecule has 0 saturated carbocycles. The van der Waals surface area contributed by atoms with Crippen molar-refractivity contribution in [3.8, 4) is 39.1 Å². The second kappa shape index (κ2) is 15.1. The highest BCUT2D eigenvalue weighted by Crippen LogP contribution is 2.58. The second-order valence-corrected chi connectivity index (χ2v) is 16.4. The molecule has 0 radical (unpaired) electrons. The third-order valence-corrected chi connectivity index (χ3v) is 13.0. The lowest BCUT2D eigenvalue weighted by atomic mass is 9.67. The highest BCUT2D eigenvalue weighted by molar-refractivity contribution is 6.19. The van der Waals surface area contributed by atoms with Crippen LogP contribution >= 0.6 is 0 Å². The van der Waals surface area contributed by atoms with Gasteiger partial charge < -0.3 is 9.47 Å². The molecule has 0 aliphatic heterocycles.